The number of benzene rings is 1. The Kier molecular flexibility index (Phi) is 8.53. The molecule has 2 unspecified atom stereocenters. The topological polar surface area (TPSA) is 100 Å². The lowest BCUT2D eigenvalue weighted by Crippen LogP contribution is -2.20. The van der Waals surface area contributed by atoms with Crippen molar-refractivity contribution in [2.75, 3.05) is 13.2 Å². The van der Waals surface area contributed by atoms with Crippen molar-refractivity contribution in [1.82, 2.24) is 19.7 Å². The van der Waals surface area contributed by atoms with E-state index in [-0.39, 0.29) is 12.5 Å². The lowest BCUT2D eigenvalue weighted by molar-refractivity contribution is -0.0385. The number of nitrogens with two attached hydrogens (primary N) is 1. The maximum absolute atomic E-state index is 6.10. The average molecular weight is 563 g/mol. The van der Waals surface area contributed by atoms with Gasteiger partial charge in [-0.25, -0.2) is 14.6 Å². The molecule has 0 aliphatic carbocycles. The number of aliphatic imine (C=N–C) groups is 1. The number of ether oxygens (including phenoxy) is 2. The van der Waals surface area contributed by atoms with Gasteiger partial charge in [0.25, 0.3) is 0 Å². The largest absolute Gasteiger partial charge is 0.402 e. The van der Waals surface area contributed by atoms with Crippen LogP contribution < -0.4 is 5.73 Å². The number of rotatable bonds is 7. The molecule has 8 nitrogen and oxygen atoms in total. The zero-order chi connectivity index (χ0) is 28.9. The summed E-state index contributed by atoms with van der Waals surface area (Å²) in [6, 6.07) is 22.5. The summed E-state index contributed by atoms with van der Waals surface area (Å²) >= 11 is 0. The molecule has 2 saturated heterocycles. The third-order valence-corrected chi connectivity index (χ3v) is 7.59. The second kappa shape index (κ2) is 12.8. The molecule has 2 N–H and O–H groups in total. The smallest absolute Gasteiger partial charge is 0.150 e. The van der Waals surface area contributed by atoms with Gasteiger partial charge in [-0.1, -0.05) is 36.4 Å². The van der Waals surface area contributed by atoms with Gasteiger partial charge in [-0.2, -0.15) is 5.10 Å². The maximum Gasteiger partial charge on any atom is 0.150 e. The number of pyridine rings is 2. The van der Waals surface area contributed by atoms with Crippen LogP contribution in [0.3, 0.4) is 0 Å². The van der Waals surface area contributed by atoms with Crippen molar-refractivity contribution in [3.63, 3.8) is 0 Å². The van der Waals surface area contributed by atoms with Gasteiger partial charge in [0.15, 0.2) is 6.23 Å². The van der Waals surface area contributed by atoms with Gasteiger partial charge in [0.2, 0.25) is 0 Å². The fraction of sp³-hybridized carbons (Fsp3) is 0.353. The molecule has 8 heteroatoms. The van der Waals surface area contributed by atoms with E-state index in [0.717, 1.165) is 103 Å². The molecule has 2 atom stereocenters. The summed E-state index contributed by atoms with van der Waals surface area (Å²) in [6.45, 7) is 5.37. The van der Waals surface area contributed by atoms with Crippen molar-refractivity contribution in [2.24, 2.45) is 10.7 Å². The van der Waals surface area contributed by atoms with Gasteiger partial charge < -0.3 is 15.2 Å². The molecule has 2 aliphatic heterocycles. The molecule has 0 radical (unpaired) electrons. The molecular weight excluding hydrogens is 524 g/mol. The molecule has 2 fully saturated rings. The Morgan fingerprint density at radius 3 is 2.24 bits per heavy atom. The third-order valence-electron chi connectivity index (χ3n) is 7.59. The number of allylic oxidation sites excluding steroid dienone is 2. The Balaban J connectivity index is 1.37. The molecule has 3 aromatic heterocycles. The van der Waals surface area contributed by atoms with E-state index in [1.54, 1.807) is 0 Å². The van der Waals surface area contributed by atoms with Crippen LogP contribution in [0.25, 0.3) is 33.9 Å². The van der Waals surface area contributed by atoms with Gasteiger partial charge in [0.1, 0.15) is 6.23 Å². The Bertz CT molecular complexity index is 1590. The average Bonchev–Trinajstić information content (AvgIpc) is 3.43. The van der Waals surface area contributed by atoms with Crippen molar-refractivity contribution in [3.05, 3.63) is 89.9 Å². The highest BCUT2D eigenvalue weighted by atomic mass is 16.5. The summed E-state index contributed by atoms with van der Waals surface area (Å²) in [5.41, 5.74) is 14.7. The van der Waals surface area contributed by atoms with Crippen LogP contribution in [-0.4, -0.2) is 44.9 Å². The fourth-order valence-corrected chi connectivity index (χ4v) is 5.60. The van der Waals surface area contributed by atoms with Crippen molar-refractivity contribution in [1.29, 1.82) is 0 Å². The highest BCUT2D eigenvalue weighted by Gasteiger charge is 2.22. The Hall–Kier alpha value is -4.14. The first kappa shape index (κ1) is 28.0. The van der Waals surface area contributed by atoms with Gasteiger partial charge in [0.05, 0.1) is 39.9 Å². The van der Waals surface area contributed by atoms with Crippen LogP contribution in [0.4, 0.5) is 0 Å². The first-order valence-corrected chi connectivity index (χ1v) is 14.9. The van der Waals surface area contributed by atoms with Crippen LogP contribution in [0.5, 0.6) is 0 Å². The predicted octanol–water partition coefficient (Wildman–Crippen LogP) is 6.86. The summed E-state index contributed by atoms with van der Waals surface area (Å²) < 4.78 is 14.0. The predicted molar refractivity (Wildman–Crippen MR) is 166 cm³/mol. The summed E-state index contributed by atoms with van der Waals surface area (Å²) in [7, 11) is 0. The van der Waals surface area contributed by atoms with Gasteiger partial charge in [-0.3, -0.25) is 4.99 Å². The van der Waals surface area contributed by atoms with Crippen molar-refractivity contribution >= 4 is 5.71 Å². The van der Waals surface area contributed by atoms with Crippen LogP contribution >= 0.6 is 0 Å². The van der Waals surface area contributed by atoms with Crippen molar-refractivity contribution in [2.45, 2.75) is 64.8 Å². The van der Waals surface area contributed by atoms with Gasteiger partial charge >= 0.3 is 0 Å². The minimum Gasteiger partial charge on any atom is -0.402 e. The van der Waals surface area contributed by atoms with E-state index in [0.29, 0.717) is 5.70 Å². The number of aryl methyl sites for hydroxylation is 1. The zero-order valence-corrected chi connectivity index (χ0v) is 24.4. The molecule has 0 spiro atoms. The van der Waals surface area contributed by atoms with Crippen LogP contribution in [0.1, 0.15) is 63.1 Å². The summed E-state index contributed by atoms with van der Waals surface area (Å²) in [5, 5.41) is 4.77. The quantitative estimate of drug-likeness (QED) is 0.247. The van der Waals surface area contributed by atoms with Crippen molar-refractivity contribution in [3.8, 4) is 33.9 Å². The molecule has 2 aliphatic rings. The Labute approximate surface area is 247 Å². The monoisotopic (exact) mass is 562 g/mol. The fourth-order valence-electron chi connectivity index (χ4n) is 5.60. The summed E-state index contributed by atoms with van der Waals surface area (Å²) in [5.74, 6) is 0. The molecule has 4 aromatic rings. The number of hydrogen-bond donors (Lipinski definition) is 1. The van der Waals surface area contributed by atoms with Crippen LogP contribution in [0.2, 0.25) is 0 Å². The standard InChI is InChI=1S/C34H38N6O2/c1-23(35)21-31(38-33-17-5-7-19-41-33)29-15-9-13-27(36-29)25-11-3-4-12-26(25)28-14-10-16-30(37-28)32-22-24(2)39-40(32)34-18-6-8-20-42-34/h3-4,9-16,21-22,33-34H,5-8,17-20,35H2,1-2H3. The second-order valence-corrected chi connectivity index (χ2v) is 11.0. The molecular formula is C34H38N6O2. The number of aromatic nitrogens is 4. The highest BCUT2D eigenvalue weighted by molar-refractivity contribution is 6.08. The van der Waals surface area contributed by atoms with Crippen LogP contribution in [0.15, 0.2) is 83.5 Å². The summed E-state index contributed by atoms with van der Waals surface area (Å²) in [4.78, 5) is 15.1. The van der Waals surface area contributed by atoms with E-state index in [4.69, 9.17) is 35.3 Å². The van der Waals surface area contributed by atoms with E-state index in [9.17, 15) is 0 Å². The van der Waals surface area contributed by atoms with Crippen LogP contribution in [-0.2, 0) is 9.47 Å². The van der Waals surface area contributed by atoms with E-state index < -0.39 is 0 Å². The highest BCUT2D eigenvalue weighted by Crippen LogP contribution is 2.33. The van der Waals surface area contributed by atoms with E-state index in [1.165, 1.54) is 0 Å². The normalized spacial score (nSPS) is 20.0. The lowest BCUT2D eigenvalue weighted by atomic mass is 10.00. The first-order chi connectivity index (χ1) is 20.5. The Morgan fingerprint density at radius 1 is 0.857 bits per heavy atom. The number of nitrogens with zero attached hydrogens (tertiary/aromatic N) is 5. The molecule has 0 amide bonds. The van der Waals surface area contributed by atoms with Crippen LogP contribution in [0, 0.1) is 6.92 Å². The van der Waals surface area contributed by atoms with E-state index in [2.05, 4.69) is 24.3 Å². The first-order valence-electron chi connectivity index (χ1n) is 14.9. The van der Waals surface area contributed by atoms with Gasteiger partial charge in [-0.15, -0.1) is 0 Å². The van der Waals surface area contributed by atoms with Gasteiger partial charge in [-0.05, 0) is 88.8 Å². The molecule has 5 heterocycles. The lowest BCUT2D eigenvalue weighted by Gasteiger charge is -2.24. The SMILES string of the molecule is CC(N)=CC(=NC1CCCCO1)c1cccc(-c2ccccc2-c2cccc(-c3cc(C)nn3C3CCCCO3)n2)n1. The summed E-state index contributed by atoms with van der Waals surface area (Å²) in [6.07, 6.45) is 7.90. The van der Waals surface area contributed by atoms with Crippen molar-refractivity contribution < 1.29 is 9.47 Å². The maximum atomic E-state index is 6.10. The minimum atomic E-state index is -0.176. The number of hydrogen-bond acceptors (Lipinski definition) is 7. The molecule has 6 rings (SSSR count). The second-order valence-electron chi connectivity index (χ2n) is 11.0. The third kappa shape index (κ3) is 6.35. The minimum absolute atomic E-state index is 0.0618. The van der Waals surface area contributed by atoms with Gasteiger partial charge in [0, 0.05) is 30.0 Å². The molecule has 0 bridgehead atoms. The molecule has 216 valence electrons. The Morgan fingerprint density at radius 2 is 1.55 bits per heavy atom. The van der Waals surface area contributed by atoms with E-state index in [1.807, 2.05) is 67.1 Å². The molecule has 1 aromatic carbocycles. The van der Waals surface area contributed by atoms with E-state index >= 15 is 0 Å². The molecule has 0 saturated carbocycles. The zero-order valence-electron chi connectivity index (χ0n) is 24.4. The molecule has 42 heavy (non-hydrogen) atoms.